The number of aromatic nitrogens is 2. The first-order valence-corrected chi connectivity index (χ1v) is 6.60. The van der Waals surface area contributed by atoms with Crippen LogP contribution in [0, 0.1) is 5.41 Å². The molecule has 4 N–H and O–H groups in total. The Labute approximate surface area is 114 Å². The van der Waals surface area contributed by atoms with Crippen LogP contribution in [0.2, 0.25) is 0 Å². The van der Waals surface area contributed by atoms with E-state index in [0.717, 1.165) is 12.8 Å². The van der Waals surface area contributed by atoms with Gasteiger partial charge in [-0.15, -0.1) is 0 Å². The van der Waals surface area contributed by atoms with E-state index in [1.807, 2.05) is 13.8 Å². The molecule has 6 nitrogen and oxygen atoms in total. The van der Waals surface area contributed by atoms with Gasteiger partial charge in [0.05, 0.1) is 12.8 Å². The number of nitrogens with zero attached hydrogens (tertiary/aromatic N) is 2. The number of aliphatic hydroxyl groups excluding tert-OH is 1. The molecule has 0 aromatic carbocycles. The standard InChI is InChI=1S/C13H24N4O2/c1-4-13(5-2,9-18)8-15-12(19)11(14)10-6-16-17(3)7-10/h6-7,11,18H,4-5,8-9,14H2,1-3H3,(H,15,19). The molecule has 0 bridgehead atoms. The van der Waals surface area contributed by atoms with Gasteiger partial charge < -0.3 is 16.2 Å². The molecule has 1 rings (SSSR count). The second-order valence-corrected chi connectivity index (χ2v) is 5.01. The molecule has 0 fully saturated rings. The van der Waals surface area contributed by atoms with E-state index in [4.69, 9.17) is 5.73 Å². The maximum absolute atomic E-state index is 12.0. The van der Waals surface area contributed by atoms with E-state index in [9.17, 15) is 9.90 Å². The van der Waals surface area contributed by atoms with Crippen molar-refractivity contribution < 1.29 is 9.90 Å². The second-order valence-electron chi connectivity index (χ2n) is 5.01. The van der Waals surface area contributed by atoms with Crippen molar-refractivity contribution in [1.82, 2.24) is 15.1 Å². The van der Waals surface area contributed by atoms with Crippen molar-refractivity contribution in [3.8, 4) is 0 Å². The van der Waals surface area contributed by atoms with Crippen LogP contribution in [-0.4, -0.2) is 33.9 Å². The minimum atomic E-state index is -0.723. The molecule has 0 saturated heterocycles. The van der Waals surface area contributed by atoms with Crippen LogP contribution in [0.15, 0.2) is 12.4 Å². The van der Waals surface area contributed by atoms with E-state index >= 15 is 0 Å². The van der Waals surface area contributed by atoms with Crippen LogP contribution in [0.5, 0.6) is 0 Å². The van der Waals surface area contributed by atoms with Gasteiger partial charge in [-0.05, 0) is 12.8 Å². The van der Waals surface area contributed by atoms with Crippen molar-refractivity contribution in [2.45, 2.75) is 32.7 Å². The van der Waals surface area contributed by atoms with Gasteiger partial charge in [0, 0.05) is 30.8 Å². The predicted octanol–water partition coefficient (Wildman–Crippen LogP) is 0.335. The van der Waals surface area contributed by atoms with Gasteiger partial charge in [0.1, 0.15) is 6.04 Å². The first kappa shape index (κ1) is 15.7. The highest BCUT2D eigenvalue weighted by Crippen LogP contribution is 2.24. The monoisotopic (exact) mass is 268 g/mol. The number of aryl methyl sites for hydroxylation is 1. The van der Waals surface area contributed by atoms with E-state index in [2.05, 4.69) is 10.4 Å². The zero-order valence-electron chi connectivity index (χ0n) is 11.9. The van der Waals surface area contributed by atoms with Gasteiger partial charge in [0.2, 0.25) is 5.91 Å². The molecule has 1 unspecified atom stereocenters. The summed E-state index contributed by atoms with van der Waals surface area (Å²) in [5.74, 6) is -0.243. The molecular weight excluding hydrogens is 244 g/mol. The summed E-state index contributed by atoms with van der Waals surface area (Å²) in [4.78, 5) is 12.0. The van der Waals surface area contributed by atoms with Gasteiger partial charge in [-0.25, -0.2) is 0 Å². The van der Waals surface area contributed by atoms with Crippen LogP contribution in [0.25, 0.3) is 0 Å². The number of rotatable bonds is 7. The summed E-state index contributed by atoms with van der Waals surface area (Å²) in [5, 5.41) is 16.3. The molecular formula is C13H24N4O2. The van der Waals surface area contributed by atoms with Crippen LogP contribution in [0.3, 0.4) is 0 Å². The quantitative estimate of drug-likeness (QED) is 0.664. The molecule has 1 amide bonds. The number of aliphatic hydroxyl groups is 1. The highest BCUT2D eigenvalue weighted by atomic mass is 16.3. The van der Waals surface area contributed by atoms with Crippen LogP contribution >= 0.6 is 0 Å². The second kappa shape index (κ2) is 6.68. The van der Waals surface area contributed by atoms with Crippen LogP contribution in [-0.2, 0) is 11.8 Å². The Hall–Kier alpha value is -1.40. The lowest BCUT2D eigenvalue weighted by molar-refractivity contribution is -0.123. The average molecular weight is 268 g/mol. The van der Waals surface area contributed by atoms with Crippen LogP contribution in [0.1, 0.15) is 38.3 Å². The number of carbonyl (C=O) groups is 1. The highest BCUT2D eigenvalue weighted by molar-refractivity contribution is 5.82. The number of nitrogens with two attached hydrogens (primary N) is 1. The van der Waals surface area contributed by atoms with E-state index in [-0.39, 0.29) is 17.9 Å². The molecule has 1 aromatic heterocycles. The molecule has 0 saturated carbocycles. The van der Waals surface area contributed by atoms with E-state index in [1.54, 1.807) is 24.1 Å². The predicted molar refractivity (Wildman–Crippen MR) is 73.2 cm³/mol. The molecule has 0 aliphatic carbocycles. The van der Waals surface area contributed by atoms with Crippen LogP contribution in [0.4, 0.5) is 0 Å². The summed E-state index contributed by atoms with van der Waals surface area (Å²) >= 11 is 0. The Morgan fingerprint density at radius 1 is 1.58 bits per heavy atom. The number of nitrogens with one attached hydrogen (secondary N) is 1. The van der Waals surface area contributed by atoms with Gasteiger partial charge in [-0.1, -0.05) is 13.8 Å². The summed E-state index contributed by atoms with van der Waals surface area (Å²) in [6.07, 6.45) is 4.93. The van der Waals surface area contributed by atoms with E-state index in [1.165, 1.54) is 0 Å². The number of amides is 1. The van der Waals surface area contributed by atoms with Gasteiger partial charge in [-0.2, -0.15) is 5.10 Å². The Balaban J connectivity index is 2.60. The van der Waals surface area contributed by atoms with Gasteiger partial charge >= 0.3 is 0 Å². The summed E-state index contributed by atoms with van der Waals surface area (Å²) in [6, 6.07) is -0.723. The largest absolute Gasteiger partial charge is 0.396 e. The molecule has 1 aromatic rings. The Bertz CT molecular complexity index is 404. The average Bonchev–Trinajstić information content (AvgIpc) is 2.86. The topological polar surface area (TPSA) is 93.2 Å². The molecule has 1 atom stereocenters. The van der Waals surface area contributed by atoms with Crippen molar-refractivity contribution in [1.29, 1.82) is 0 Å². The lowest BCUT2D eigenvalue weighted by Crippen LogP contribution is -2.42. The maximum atomic E-state index is 12.0. The molecule has 0 spiro atoms. The zero-order valence-corrected chi connectivity index (χ0v) is 11.9. The third-order valence-corrected chi connectivity index (χ3v) is 3.84. The first-order chi connectivity index (χ1) is 8.98. The third-order valence-electron chi connectivity index (χ3n) is 3.84. The zero-order chi connectivity index (χ0) is 14.5. The van der Waals surface area contributed by atoms with Gasteiger partial charge in [0.15, 0.2) is 0 Å². The normalized spacial score (nSPS) is 13.3. The maximum Gasteiger partial charge on any atom is 0.241 e. The van der Waals surface area contributed by atoms with Crippen molar-refractivity contribution in [3.05, 3.63) is 18.0 Å². The fraction of sp³-hybridized carbons (Fsp3) is 0.692. The number of hydrogen-bond acceptors (Lipinski definition) is 4. The minimum Gasteiger partial charge on any atom is -0.396 e. The Morgan fingerprint density at radius 2 is 2.21 bits per heavy atom. The lowest BCUT2D eigenvalue weighted by atomic mass is 9.83. The molecule has 0 radical (unpaired) electrons. The smallest absolute Gasteiger partial charge is 0.241 e. The minimum absolute atomic E-state index is 0.0579. The molecule has 0 aliphatic rings. The van der Waals surface area contributed by atoms with Gasteiger partial charge in [-0.3, -0.25) is 9.48 Å². The number of hydrogen-bond donors (Lipinski definition) is 3. The Kier molecular flexibility index (Phi) is 5.50. The van der Waals surface area contributed by atoms with Gasteiger partial charge in [0.25, 0.3) is 0 Å². The summed E-state index contributed by atoms with van der Waals surface area (Å²) in [6.45, 7) is 4.51. The molecule has 0 aliphatic heterocycles. The van der Waals surface area contributed by atoms with Crippen molar-refractivity contribution in [2.75, 3.05) is 13.2 Å². The molecule has 19 heavy (non-hydrogen) atoms. The third kappa shape index (κ3) is 3.78. The first-order valence-electron chi connectivity index (χ1n) is 6.60. The summed E-state index contributed by atoms with van der Waals surface area (Å²) < 4.78 is 1.61. The summed E-state index contributed by atoms with van der Waals surface area (Å²) in [5.41, 5.74) is 6.30. The van der Waals surface area contributed by atoms with Crippen molar-refractivity contribution >= 4 is 5.91 Å². The Morgan fingerprint density at radius 3 is 2.63 bits per heavy atom. The van der Waals surface area contributed by atoms with E-state index < -0.39 is 6.04 Å². The van der Waals surface area contributed by atoms with Crippen molar-refractivity contribution in [2.24, 2.45) is 18.2 Å². The molecule has 6 heteroatoms. The van der Waals surface area contributed by atoms with E-state index in [0.29, 0.717) is 12.1 Å². The molecule has 1 heterocycles. The molecule has 108 valence electrons. The fourth-order valence-electron chi connectivity index (χ4n) is 1.92. The van der Waals surface area contributed by atoms with Crippen molar-refractivity contribution in [3.63, 3.8) is 0 Å². The fourth-order valence-corrected chi connectivity index (χ4v) is 1.92. The SMILES string of the molecule is CCC(CC)(CO)CNC(=O)C(N)c1cnn(C)c1. The lowest BCUT2D eigenvalue weighted by Gasteiger charge is -2.30. The van der Waals surface area contributed by atoms with Crippen LogP contribution < -0.4 is 11.1 Å². The summed E-state index contributed by atoms with van der Waals surface area (Å²) in [7, 11) is 1.78. The highest BCUT2D eigenvalue weighted by Gasteiger charge is 2.27. The number of carbonyl (C=O) groups excluding carboxylic acids is 1.